The number of hydrogen-bond acceptors (Lipinski definition) is 4. The molecule has 1 atom stereocenters. The van der Waals surface area contributed by atoms with Crippen LogP contribution in [-0.2, 0) is 9.59 Å². The van der Waals surface area contributed by atoms with E-state index in [0.29, 0.717) is 17.8 Å². The zero-order valence-corrected chi connectivity index (χ0v) is 16.6. The standard InChI is InChI=1S/C21H28N4O3/c1-15-16-8-4-5-9-17(16)20(27)25(15)14-19(26)22-11-7-13-24-12-6-10-18(24)21(28)23(2)3/h4-5,8-9,18H,1,6-7,10-14H2,2-3H3,(H,22,26)/t18-/m1/s1. The van der Waals surface area contributed by atoms with Crippen molar-refractivity contribution in [3.05, 3.63) is 42.0 Å². The van der Waals surface area contributed by atoms with E-state index in [0.717, 1.165) is 37.9 Å². The third kappa shape index (κ3) is 4.09. The smallest absolute Gasteiger partial charge is 0.259 e. The highest BCUT2D eigenvalue weighted by molar-refractivity contribution is 6.10. The molecule has 7 heteroatoms. The summed E-state index contributed by atoms with van der Waals surface area (Å²) >= 11 is 0. The second-order valence-electron chi connectivity index (χ2n) is 7.51. The average Bonchev–Trinajstić information content (AvgIpc) is 3.24. The van der Waals surface area contributed by atoms with Crippen LogP contribution >= 0.6 is 0 Å². The Balaban J connectivity index is 1.43. The molecule has 1 aromatic carbocycles. The van der Waals surface area contributed by atoms with Crippen LogP contribution in [0.3, 0.4) is 0 Å². The molecule has 1 aromatic rings. The predicted octanol–water partition coefficient (Wildman–Crippen LogP) is 1.17. The van der Waals surface area contributed by atoms with Crippen LogP contribution < -0.4 is 5.32 Å². The van der Waals surface area contributed by atoms with E-state index in [1.807, 2.05) is 12.1 Å². The van der Waals surface area contributed by atoms with Crippen molar-refractivity contribution in [3.63, 3.8) is 0 Å². The molecule has 1 N–H and O–H groups in total. The Hall–Kier alpha value is -2.67. The van der Waals surface area contributed by atoms with Gasteiger partial charge in [0.1, 0.15) is 6.54 Å². The number of benzene rings is 1. The first kappa shape index (κ1) is 20.1. The molecule has 1 saturated heterocycles. The highest BCUT2D eigenvalue weighted by Gasteiger charge is 2.32. The second kappa shape index (κ2) is 8.56. The first-order valence-electron chi connectivity index (χ1n) is 9.72. The minimum absolute atomic E-state index is 0.0300. The molecule has 2 heterocycles. The fraction of sp³-hybridized carbons (Fsp3) is 0.476. The summed E-state index contributed by atoms with van der Waals surface area (Å²) in [7, 11) is 3.57. The van der Waals surface area contributed by atoms with E-state index in [-0.39, 0.29) is 30.3 Å². The van der Waals surface area contributed by atoms with Crippen molar-refractivity contribution in [1.82, 2.24) is 20.0 Å². The number of likely N-dealkylation sites (N-methyl/N-ethyl adjacent to an activating group) is 1. The van der Waals surface area contributed by atoms with E-state index < -0.39 is 0 Å². The van der Waals surface area contributed by atoms with Gasteiger partial charge in [0, 0.05) is 44.0 Å². The van der Waals surface area contributed by atoms with Crippen molar-refractivity contribution >= 4 is 23.4 Å². The van der Waals surface area contributed by atoms with Crippen LogP contribution in [-0.4, -0.2) is 78.7 Å². The molecule has 150 valence electrons. The molecule has 2 aliphatic heterocycles. The first-order valence-corrected chi connectivity index (χ1v) is 9.72. The van der Waals surface area contributed by atoms with Crippen molar-refractivity contribution in [3.8, 4) is 0 Å². The molecule has 0 saturated carbocycles. The van der Waals surface area contributed by atoms with Crippen LogP contribution in [0.25, 0.3) is 5.70 Å². The van der Waals surface area contributed by atoms with Crippen molar-refractivity contribution in [1.29, 1.82) is 0 Å². The maximum absolute atomic E-state index is 12.4. The Morgan fingerprint density at radius 2 is 1.96 bits per heavy atom. The van der Waals surface area contributed by atoms with Gasteiger partial charge < -0.3 is 10.2 Å². The molecule has 3 amide bonds. The van der Waals surface area contributed by atoms with Crippen LogP contribution in [0, 0.1) is 0 Å². The lowest BCUT2D eigenvalue weighted by Gasteiger charge is -2.26. The molecule has 1 fully saturated rings. The molecule has 28 heavy (non-hydrogen) atoms. The van der Waals surface area contributed by atoms with Gasteiger partial charge in [0.05, 0.1) is 6.04 Å². The zero-order valence-electron chi connectivity index (χ0n) is 16.6. The van der Waals surface area contributed by atoms with Crippen LogP contribution in [0.5, 0.6) is 0 Å². The molecule has 0 unspecified atom stereocenters. The van der Waals surface area contributed by atoms with Crippen LogP contribution in [0.4, 0.5) is 0 Å². The van der Waals surface area contributed by atoms with Gasteiger partial charge in [-0.05, 0) is 31.9 Å². The number of carbonyl (C=O) groups excluding carboxylic acids is 3. The number of rotatable bonds is 7. The highest BCUT2D eigenvalue weighted by atomic mass is 16.2. The number of nitrogens with zero attached hydrogens (tertiary/aromatic N) is 3. The second-order valence-corrected chi connectivity index (χ2v) is 7.51. The number of likely N-dealkylation sites (tertiary alicyclic amines) is 1. The van der Waals surface area contributed by atoms with Gasteiger partial charge >= 0.3 is 0 Å². The van der Waals surface area contributed by atoms with Gasteiger partial charge in [0.15, 0.2) is 0 Å². The summed E-state index contributed by atoms with van der Waals surface area (Å²) in [5.41, 5.74) is 1.94. The maximum Gasteiger partial charge on any atom is 0.259 e. The van der Waals surface area contributed by atoms with Gasteiger partial charge in [0.25, 0.3) is 5.91 Å². The summed E-state index contributed by atoms with van der Waals surface area (Å²) in [4.78, 5) is 42.2. The predicted molar refractivity (Wildman–Crippen MR) is 107 cm³/mol. The van der Waals surface area contributed by atoms with Crippen molar-refractivity contribution in [2.75, 3.05) is 40.3 Å². The molecule has 0 spiro atoms. The quantitative estimate of drug-likeness (QED) is 0.717. The Bertz CT molecular complexity index is 755. The summed E-state index contributed by atoms with van der Waals surface area (Å²) < 4.78 is 0. The van der Waals surface area contributed by atoms with E-state index in [2.05, 4.69) is 16.8 Å². The number of fused-ring (bicyclic) bond motifs is 1. The van der Waals surface area contributed by atoms with Gasteiger partial charge in [-0.3, -0.25) is 24.2 Å². The number of carbonyl (C=O) groups is 3. The molecule has 2 aliphatic rings. The topological polar surface area (TPSA) is 73.0 Å². The Labute approximate surface area is 166 Å². The summed E-state index contributed by atoms with van der Waals surface area (Å²) in [5.74, 6) is -0.241. The first-order chi connectivity index (χ1) is 13.4. The van der Waals surface area contributed by atoms with Crippen LogP contribution in [0.2, 0.25) is 0 Å². The fourth-order valence-electron chi connectivity index (χ4n) is 3.88. The number of nitrogens with one attached hydrogen (secondary N) is 1. The largest absolute Gasteiger partial charge is 0.355 e. The van der Waals surface area contributed by atoms with E-state index in [4.69, 9.17) is 0 Å². The van der Waals surface area contributed by atoms with Gasteiger partial charge in [-0.2, -0.15) is 0 Å². The lowest BCUT2D eigenvalue weighted by atomic mass is 10.1. The Morgan fingerprint density at radius 1 is 1.25 bits per heavy atom. The maximum atomic E-state index is 12.4. The summed E-state index contributed by atoms with van der Waals surface area (Å²) in [6, 6.07) is 7.21. The SMILES string of the molecule is C=C1c2ccccc2C(=O)N1CC(=O)NCCCN1CCC[C@@H]1C(=O)N(C)C. The molecule has 0 bridgehead atoms. The van der Waals surface area contributed by atoms with E-state index in [9.17, 15) is 14.4 Å². The lowest BCUT2D eigenvalue weighted by molar-refractivity contribution is -0.133. The van der Waals surface area contributed by atoms with E-state index >= 15 is 0 Å². The highest BCUT2D eigenvalue weighted by Crippen LogP contribution is 2.30. The summed E-state index contributed by atoms with van der Waals surface area (Å²) in [6.07, 6.45) is 2.68. The number of amides is 3. The normalized spacial score (nSPS) is 19.1. The molecule has 0 aromatic heterocycles. The summed E-state index contributed by atoms with van der Waals surface area (Å²) in [6.45, 7) is 6.12. The van der Waals surface area contributed by atoms with Crippen LogP contribution in [0.15, 0.2) is 30.8 Å². The van der Waals surface area contributed by atoms with E-state index in [1.165, 1.54) is 4.90 Å². The van der Waals surface area contributed by atoms with Gasteiger partial charge in [-0.15, -0.1) is 0 Å². The molecule has 7 nitrogen and oxygen atoms in total. The number of hydrogen-bond donors (Lipinski definition) is 1. The monoisotopic (exact) mass is 384 g/mol. The minimum atomic E-state index is -0.204. The van der Waals surface area contributed by atoms with Crippen LogP contribution in [0.1, 0.15) is 35.2 Å². The minimum Gasteiger partial charge on any atom is -0.355 e. The van der Waals surface area contributed by atoms with Crippen molar-refractivity contribution < 1.29 is 14.4 Å². The van der Waals surface area contributed by atoms with E-state index in [1.54, 1.807) is 31.1 Å². The third-order valence-corrected chi connectivity index (χ3v) is 5.37. The van der Waals surface area contributed by atoms with Gasteiger partial charge in [-0.1, -0.05) is 24.8 Å². The molecular weight excluding hydrogens is 356 g/mol. The van der Waals surface area contributed by atoms with Gasteiger partial charge in [-0.25, -0.2) is 0 Å². The van der Waals surface area contributed by atoms with Crippen molar-refractivity contribution in [2.45, 2.75) is 25.3 Å². The van der Waals surface area contributed by atoms with Gasteiger partial charge in [0.2, 0.25) is 11.8 Å². The molecule has 0 radical (unpaired) electrons. The fourth-order valence-corrected chi connectivity index (χ4v) is 3.88. The van der Waals surface area contributed by atoms with Crippen molar-refractivity contribution in [2.24, 2.45) is 0 Å². The molecule has 0 aliphatic carbocycles. The zero-order chi connectivity index (χ0) is 20.3. The molecular formula is C21H28N4O3. The third-order valence-electron chi connectivity index (χ3n) is 5.37. The Kier molecular flexibility index (Phi) is 6.14. The average molecular weight is 384 g/mol. The summed E-state index contributed by atoms with van der Waals surface area (Å²) in [5, 5.41) is 2.87. The Morgan fingerprint density at radius 3 is 2.64 bits per heavy atom. The lowest BCUT2D eigenvalue weighted by Crippen LogP contribution is -2.43. The molecule has 3 rings (SSSR count).